The summed E-state index contributed by atoms with van der Waals surface area (Å²) in [4.78, 5) is 2.80. The third-order valence-corrected chi connectivity index (χ3v) is 6.30. The fourth-order valence-electron chi connectivity index (χ4n) is 2.53. The maximum Gasteiger partial charge on any atom is 0.143 e. The standard InChI is InChI=1S/C22H15FN2O2S2/c1-26-14-3-7-16(8-4-14)28-21-11-20(23)18(12-24)19(13-25)22(21)29-17-9-5-15(27-2)6-10-17/h3-11H,1-2H3. The molecule has 7 heteroatoms. The summed E-state index contributed by atoms with van der Waals surface area (Å²) in [6.07, 6.45) is 0. The van der Waals surface area contributed by atoms with Crippen LogP contribution in [0.1, 0.15) is 11.1 Å². The Morgan fingerprint density at radius 1 is 0.759 bits per heavy atom. The van der Waals surface area contributed by atoms with E-state index in [1.165, 1.54) is 29.6 Å². The van der Waals surface area contributed by atoms with Gasteiger partial charge in [-0.15, -0.1) is 0 Å². The zero-order valence-electron chi connectivity index (χ0n) is 15.6. The number of benzene rings is 3. The Bertz CT molecular complexity index is 1100. The SMILES string of the molecule is COc1ccc(Sc2cc(F)c(C#N)c(C#N)c2Sc2ccc(OC)cc2)cc1. The van der Waals surface area contributed by atoms with Crippen LogP contribution in [0.5, 0.6) is 11.5 Å². The van der Waals surface area contributed by atoms with E-state index in [1.807, 2.05) is 48.5 Å². The second-order valence-electron chi connectivity index (χ2n) is 5.71. The quantitative estimate of drug-likeness (QED) is 0.494. The van der Waals surface area contributed by atoms with Crippen LogP contribution in [-0.4, -0.2) is 14.2 Å². The van der Waals surface area contributed by atoms with Crippen LogP contribution < -0.4 is 9.47 Å². The van der Waals surface area contributed by atoms with Gasteiger partial charge in [-0.3, -0.25) is 0 Å². The molecule has 0 saturated carbocycles. The van der Waals surface area contributed by atoms with Gasteiger partial charge in [-0.2, -0.15) is 10.5 Å². The van der Waals surface area contributed by atoms with Crippen LogP contribution in [0.2, 0.25) is 0 Å². The molecule has 144 valence electrons. The molecule has 0 heterocycles. The lowest BCUT2D eigenvalue weighted by atomic mass is 10.1. The van der Waals surface area contributed by atoms with Crippen LogP contribution in [0.25, 0.3) is 0 Å². The molecular formula is C22H15FN2O2S2. The first-order valence-electron chi connectivity index (χ1n) is 8.40. The molecule has 0 aromatic heterocycles. The van der Waals surface area contributed by atoms with Gasteiger partial charge < -0.3 is 9.47 Å². The van der Waals surface area contributed by atoms with Gasteiger partial charge in [0, 0.05) is 19.6 Å². The van der Waals surface area contributed by atoms with Gasteiger partial charge in [-0.05, 0) is 54.6 Å². The first kappa shape index (κ1) is 20.6. The van der Waals surface area contributed by atoms with Crippen molar-refractivity contribution < 1.29 is 13.9 Å². The Labute approximate surface area is 176 Å². The minimum Gasteiger partial charge on any atom is -0.497 e. The number of nitriles is 2. The van der Waals surface area contributed by atoms with Crippen LogP contribution in [0.15, 0.2) is 74.2 Å². The predicted molar refractivity (Wildman–Crippen MR) is 110 cm³/mol. The lowest BCUT2D eigenvalue weighted by Gasteiger charge is -2.13. The molecule has 0 aliphatic rings. The van der Waals surface area contributed by atoms with Crippen molar-refractivity contribution in [3.8, 4) is 23.6 Å². The molecule has 0 spiro atoms. The minimum absolute atomic E-state index is 0.0318. The van der Waals surface area contributed by atoms with E-state index in [-0.39, 0.29) is 11.1 Å². The Hall–Kier alpha value is -3.13. The number of rotatable bonds is 6. The molecule has 0 aliphatic carbocycles. The highest BCUT2D eigenvalue weighted by Gasteiger charge is 2.20. The normalized spacial score (nSPS) is 10.1. The van der Waals surface area contributed by atoms with E-state index >= 15 is 0 Å². The molecule has 3 aromatic carbocycles. The molecule has 0 saturated heterocycles. The van der Waals surface area contributed by atoms with Gasteiger partial charge in [0.2, 0.25) is 0 Å². The predicted octanol–water partition coefficient (Wildman–Crippen LogP) is 5.89. The maximum atomic E-state index is 14.5. The van der Waals surface area contributed by atoms with Crippen molar-refractivity contribution in [2.45, 2.75) is 19.6 Å². The number of nitrogens with zero attached hydrogens (tertiary/aromatic N) is 2. The van der Waals surface area contributed by atoms with Crippen LogP contribution in [0.3, 0.4) is 0 Å². The van der Waals surface area contributed by atoms with Gasteiger partial charge in [-0.1, -0.05) is 23.5 Å². The Balaban J connectivity index is 2.06. The summed E-state index contributed by atoms with van der Waals surface area (Å²) in [7, 11) is 3.17. The largest absolute Gasteiger partial charge is 0.497 e. The van der Waals surface area contributed by atoms with Crippen molar-refractivity contribution in [2.75, 3.05) is 14.2 Å². The summed E-state index contributed by atoms with van der Waals surface area (Å²) in [6.45, 7) is 0. The molecule has 4 nitrogen and oxygen atoms in total. The minimum atomic E-state index is -0.709. The Morgan fingerprint density at radius 2 is 1.24 bits per heavy atom. The maximum absolute atomic E-state index is 14.5. The van der Waals surface area contributed by atoms with Crippen molar-refractivity contribution in [3.63, 3.8) is 0 Å². The molecule has 29 heavy (non-hydrogen) atoms. The molecule has 0 bridgehead atoms. The summed E-state index contributed by atoms with van der Waals surface area (Å²) in [5, 5.41) is 19.0. The molecular weight excluding hydrogens is 407 g/mol. The van der Waals surface area contributed by atoms with E-state index in [4.69, 9.17) is 9.47 Å². The summed E-state index contributed by atoms with van der Waals surface area (Å²) in [6, 6.07) is 19.8. The lowest BCUT2D eigenvalue weighted by Crippen LogP contribution is -1.96. The molecule has 0 aliphatic heterocycles. The van der Waals surface area contributed by atoms with E-state index in [0.29, 0.717) is 21.3 Å². The number of ether oxygens (including phenoxy) is 2. The number of hydrogen-bond acceptors (Lipinski definition) is 6. The van der Waals surface area contributed by atoms with Crippen LogP contribution in [0, 0.1) is 28.5 Å². The van der Waals surface area contributed by atoms with E-state index in [2.05, 4.69) is 0 Å². The van der Waals surface area contributed by atoms with Gasteiger partial charge in [0.15, 0.2) is 0 Å². The summed E-state index contributed by atoms with van der Waals surface area (Å²) >= 11 is 2.63. The van der Waals surface area contributed by atoms with E-state index in [0.717, 1.165) is 9.79 Å². The first-order valence-corrected chi connectivity index (χ1v) is 10.0. The van der Waals surface area contributed by atoms with Crippen molar-refractivity contribution in [3.05, 3.63) is 71.5 Å². The third kappa shape index (κ3) is 4.65. The molecule has 3 aromatic rings. The molecule has 0 radical (unpaired) electrons. The first-order chi connectivity index (χ1) is 14.1. The average molecular weight is 423 g/mol. The summed E-state index contributed by atoms with van der Waals surface area (Å²) in [5.74, 6) is 0.713. The van der Waals surface area contributed by atoms with Gasteiger partial charge in [-0.25, -0.2) is 4.39 Å². The zero-order chi connectivity index (χ0) is 20.8. The van der Waals surface area contributed by atoms with E-state index < -0.39 is 5.82 Å². The fourth-order valence-corrected chi connectivity index (χ4v) is 4.58. The number of methoxy groups -OCH3 is 2. The van der Waals surface area contributed by atoms with Crippen molar-refractivity contribution in [2.24, 2.45) is 0 Å². The molecule has 0 amide bonds. The Morgan fingerprint density at radius 3 is 1.69 bits per heavy atom. The second-order valence-corrected chi connectivity index (χ2v) is 7.91. The molecule has 0 fully saturated rings. The second kappa shape index (κ2) is 9.38. The highest BCUT2D eigenvalue weighted by molar-refractivity contribution is 8.02. The van der Waals surface area contributed by atoms with Crippen molar-refractivity contribution >= 4 is 23.5 Å². The topological polar surface area (TPSA) is 66.0 Å². The molecule has 3 rings (SSSR count). The van der Waals surface area contributed by atoms with Gasteiger partial charge in [0.05, 0.1) is 19.8 Å². The monoisotopic (exact) mass is 422 g/mol. The highest BCUT2D eigenvalue weighted by Crippen LogP contribution is 2.43. The smallest absolute Gasteiger partial charge is 0.143 e. The summed E-state index contributed by atoms with van der Waals surface area (Å²) in [5.41, 5.74) is -0.216. The number of halogens is 1. The van der Waals surface area contributed by atoms with E-state index in [1.54, 1.807) is 26.4 Å². The summed E-state index contributed by atoms with van der Waals surface area (Å²) < 4.78 is 24.8. The Kier molecular flexibility index (Phi) is 6.66. The van der Waals surface area contributed by atoms with E-state index in [9.17, 15) is 14.9 Å². The molecule has 0 atom stereocenters. The fraction of sp³-hybridized carbons (Fsp3) is 0.0909. The van der Waals surface area contributed by atoms with Crippen LogP contribution >= 0.6 is 23.5 Å². The molecule has 0 unspecified atom stereocenters. The average Bonchev–Trinajstić information content (AvgIpc) is 2.76. The highest BCUT2D eigenvalue weighted by atomic mass is 32.2. The molecule has 0 N–H and O–H groups in total. The van der Waals surface area contributed by atoms with Crippen LogP contribution in [-0.2, 0) is 0 Å². The van der Waals surface area contributed by atoms with Crippen molar-refractivity contribution in [1.82, 2.24) is 0 Å². The van der Waals surface area contributed by atoms with Gasteiger partial charge in [0.1, 0.15) is 35.0 Å². The zero-order valence-corrected chi connectivity index (χ0v) is 17.2. The number of hydrogen-bond donors (Lipinski definition) is 0. The van der Waals surface area contributed by atoms with Crippen molar-refractivity contribution in [1.29, 1.82) is 10.5 Å². The van der Waals surface area contributed by atoms with Crippen LogP contribution in [0.4, 0.5) is 4.39 Å². The van der Waals surface area contributed by atoms with Gasteiger partial charge in [0.25, 0.3) is 0 Å². The lowest BCUT2D eigenvalue weighted by molar-refractivity contribution is 0.414. The van der Waals surface area contributed by atoms with Gasteiger partial charge >= 0.3 is 0 Å². The third-order valence-electron chi connectivity index (χ3n) is 3.99.